The van der Waals surface area contributed by atoms with Crippen LogP contribution in [0, 0.1) is 0 Å². The molecule has 1 heterocycles. The van der Waals surface area contributed by atoms with E-state index >= 15 is 0 Å². The molecule has 1 aliphatic carbocycles. The minimum Gasteiger partial charge on any atom is -0.344 e. The number of para-hydroxylation sites is 1. The highest BCUT2D eigenvalue weighted by molar-refractivity contribution is 6.21. The SMILES string of the molecule is N.O=C1C=CC(=O)c2ccccc21.c1ccc2ncccc2c1. The van der Waals surface area contributed by atoms with Crippen molar-refractivity contribution in [3.05, 3.63) is 90.1 Å². The van der Waals surface area contributed by atoms with Crippen molar-refractivity contribution in [1.29, 1.82) is 0 Å². The standard InChI is InChI=1S/C10H6O2.C9H7N.H3N/c11-9-5-6-10(12)8-4-2-1-3-7(8)9;1-2-6-9-8(4-1)5-3-7-10-9;/h1-6H;1-7H;1H3. The first-order valence-corrected chi connectivity index (χ1v) is 6.91. The van der Waals surface area contributed by atoms with Crippen molar-refractivity contribution in [1.82, 2.24) is 11.1 Å². The van der Waals surface area contributed by atoms with Gasteiger partial charge in [0.2, 0.25) is 0 Å². The van der Waals surface area contributed by atoms with Crippen LogP contribution in [0.2, 0.25) is 0 Å². The van der Waals surface area contributed by atoms with Crippen molar-refractivity contribution in [2.24, 2.45) is 0 Å². The van der Waals surface area contributed by atoms with Crippen LogP contribution in [0.3, 0.4) is 0 Å². The molecule has 0 bridgehead atoms. The maximum atomic E-state index is 11.2. The summed E-state index contributed by atoms with van der Waals surface area (Å²) in [5, 5.41) is 1.20. The number of pyridine rings is 1. The van der Waals surface area contributed by atoms with Crippen molar-refractivity contribution in [2.75, 3.05) is 0 Å². The van der Waals surface area contributed by atoms with Gasteiger partial charge in [0.25, 0.3) is 0 Å². The predicted octanol–water partition coefficient (Wildman–Crippen LogP) is 4.02. The third-order valence-corrected chi connectivity index (χ3v) is 3.36. The van der Waals surface area contributed by atoms with Gasteiger partial charge in [0.1, 0.15) is 0 Å². The van der Waals surface area contributed by atoms with E-state index in [1.165, 1.54) is 17.5 Å². The van der Waals surface area contributed by atoms with Gasteiger partial charge in [-0.05, 0) is 24.3 Å². The van der Waals surface area contributed by atoms with Crippen molar-refractivity contribution in [2.45, 2.75) is 0 Å². The third-order valence-electron chi connectivity index (χ3n) is 3.36. The molecule has 3 N–H and O–H groups in total. The normalized spacial score (nSPS) is 12.0. The van der Waals surface area contributed by atoms with E-state index in [9.17, 15) is 9.59 Å². The van der Waals surface area contributed by atoms with Crippen LogP contribution in [0.25, 0.3) is 10.9 Å². The Kier molecular flexibility index (Phi) is 5.12. The molecule has 0 unspecified atom stereocenters. The average molecular weight is 304 g/mol. The van der Waals surface area contributed by atoms with E-state index in [0.717, 1.165) is 5.52 Å². The van der Waals surface area contributed by atoms with Gasteiger partial charge in [-0.3, -0.25) is 14.6 Å². The second-order valence-electron chi connectivity index (χ2n) is 4.80. The van der Waals surface area contributed by atoms with E-state index in [1.54, 1.807) is 24.3 Å². The summed E-state index contributed by atoms with van der Waals surface area (Å²) in [6, 6.07) is 18.9. The summed E-state index contributed by atoms with van der Waals surface area (Å²) in [6.07, 6.45) is 4.43. The molecule has 0 amide bonds. The lowest BCUT2D eigenvalue weighted by atomic mass is 9.95. The van der Waals surface area contributed by atoms with Gasteiger partial charge in [-0.25, -0.2) is 0 Å². The Balaban J connectivity index is 0.000000162. The molecule has 0 atom stereocenters. The van der Waals surface area contributed by atoms with E-state index < -0.39 is 0 Å². The molecule has 4 nitrogen and oxygen atoms in total. The molecule has 4 rings (SSSR count). The maximum absolute atomic E-state index is 11.2. The van der Waals surface area contributed by atoms with Crippen LogP contribution in [0.4, 0.5) is 0 Å². The molecule has 0 spiro atoms. The van der Waals surface area contributed by atoms with Gasteiger partial charge in [0.15, 0.2) is 11.6 Å². The van der Waals surface area contributed by atoms with Gasteiger partial charge in [0.05, 0.1) is 5.52 Å². The van der Waals surface area contributed by atoms with E-state index in [4.69, 9.17) is 0 Å². The van der Waals surface area contributed by atoms with Gasteiger partial charge in [-0.1, -0.05) is 48.5 Å². The Morgan fingerprint density at radius 1 is 0.652 bits per heavy atom. The summed E-state index contributed by atoms with van der Waals surface area (Å²) in [5.41, 5.74) is 2.07. The lowest BCUT2D eigenvalue weighted by Gasteiger charge is -2.06. The van der Waals surface area contributed by atoms with Gasteiger partial charge in [-0.2, -0.15) is 0 Å². The molecule has 0 saturated carbocycles. The highest BCUT2D eigenvalue weighted by atomic mass is 16.1. The molecule has 23 heavy (non-hydrogen) atoms. The van der Waals surface area contributed by atoms with Gasteiger partial charge in [-0.15, -0.1) is 0 Å². The molecular weight excluding hydrogens is 288 g/mol. The number of allylic oxidation sites excluding steroid dienone is 2. The van der Waals surface area contributed by atoms with Crippen molar-refractivity contribution in [3.63, 3.8) is 0 Å². The summed E-state index contributed by atoms with van der Waals surface area (Å²) in [4.78, 5) is 26.6. The van der Waals surface area contributed by atoms with E-state index in [-0.39, 0.29) is 17.7 Å². The number of ketones is 2. The fourth-order valence-electron chi connectivity index (χ4n) is 2.26. The minimum atomic E-state index is -0.0924. The topological polar surface area (TPSA) is 82.0 Å². The van der Waals surface area contributed by atoms with Crippen LogP contribution in [0.1, 0.15) is 20.7 Å². The van der Waals surface area contributed by atoms with E-state index in [2.05, 4.69) is 17.1 Å². The number of rotatable bonds is 0. The summed E-state index contributed by atoms with van der Waals surface area (Å²) in [5.74, 6) is -0.185. The molecule has 0 saturated heterocycles. The number of aromatic nitrogens is 1. The quantitative estimate of drug-likeness (QED) is 0.680. The molecule has 0 aliphatic heterocycles. The van der Waals surface area contributed by atoms with Crippen LogP contribution in [-0.2, 0) is 0 Å². The molecule has 114 valence electrons. The first-order chi connectivity index (χ1) is 10.8. The second kappa shape index (κ2) is 7.24. The van der Waals surface area contributed by atoms with Crippen molar-refractivity contribution in [3.8, 4) is 0 Å². The summed E-state index contributed by atoms with van der Waals surface area (Å²) in [7, 11) is 0. The summed E-state index contributed by atoms with van der Waals surface area (Å²) >= 11 is 0. The number of benzene rings is 2. The van der Waals surface area contributed by atoms with Crippen LogP contribution in [0.15, 0.2) is 79.0 Å². The maximum Gasteiger partial charge on any atom is 0.186 e. The number of nitrogens with zero attached hydrogens (tertiary/aromatic N) is 1. The Hall–Kier alpha value is -3.11. The minimum absolute atomic E-state index is 0. The van der Waals surface area contributed by atoms with Gasteiger partial charge < -0.3 is 6.15 Å². The summed E-state index contributed by atoms with van der Waals surface area (Å²) < 4.78 is 0. The number of hydrogen-bond acceptors (Lipinski definition) is 4. The predicted molar refractivity (Wildman–Crippen MR) is 91.0 cm³/mol. The highest BCUT2D eigenvalue weighted by Gasteiger charge is 2.16. The lowest BCUT2D eigenvalue weighted by Crippen LogP contribution is -2.10. The summed E-state index contributed by atoms with van der Waals surface area (Å²) in [6.45, 7) is 0. The third kappa shape index (κ3) is 3.56. The first-order valence-electron chi connectivity index (χ1n) is 6.91. The number of carbonyl (C=O) groups is 2. The van der Waals surface area contributed by atoms with Crippen molar-refractivity contribution < 1.29 is 9.59 Å². The zero-order chi connectivity index (χ0) is 15.4. The monoisotopic (exact) mass is 304 g/mol. The lowest BCUT2D eigenvalue weighted by molar-refractivity contribution is 0.0994. The van der Waals surface area contributed by atoms with Gasteiger partial charge in [0, 0.05) is 22.7 Å². The largest absolute Gasteiger partial charge is 0.344 e. The fraction of sp³-hybridized carbons (Fsp3) is 0. The van der Waals surface area contributed by atoms with Crippen LogP contribution < -0.4 is 6.15 Å². The molecule has 0 fully saturated rings. The second-order valence-corrected chi connectivity index (χ2v) is 4.80. The van der Waals surface area contributed by atoms with Crippen LogP contribution in [-0.4, -0.2) is 16.6 Å². The average Bonchev–Trinajstić information content (AvgIpc) is 2.59. The molecule has 1 aromatic heterocycles. The first kappa shape index (κ1) is 16.3. The zero-order valence-corrected chi connectivity index (χ0v) is 12.5. The molecule has 2 aromatic carbocycles. The number of carbonyl (C=O) groups excluding carboxylic acids is 2. The number of hydrogen-bond donors (Lipinski definition) is 1. The van der Waals surface area contributed by atoms with Crippen molar-refractivity contribution >= 4 is 22.5 Å². The molecule has 1 aliphatic rings. The Morgan fingerprint density at radius 2 is 1.17 bits per heavy atom. The Morgan fingerprint density at radius 3 is 1.78 bits per heavy atom. The zero-order valence-electron chi connectivity index (χ0n) is 12.5. The molecular formula is C19H16N2O2. The van der Waals surface area contributed by atoms with E-state index in [0.29, 0.717) is 11.1 Å². The van der Waals surface area contributed by atoms with Crippen LogP contribution in [0.5, 0.6) is 0 Å². The van der Waals surface area contributed by atoms with Crippen LogP contribution >= 0.6 is 0 Å². The number of fused-ring (bicyclic) bond motifs is 2. The van der Waals surface area contributed by atoms with Gasteiger partial charge >= 0.3 is 0 Å². The molecule has 0 radical (unpaired) electrons. The fourth-order valence-corrected chi connectivity index (χ4v) is 2.26. The Labute approximate surface area is 134 Å². The smallest absolute Gasteiger partial charge is 0.186 e. The molecule has 3 aromatic rings. The Bertz CT molecular complexity index is 783. The molecule has 4 heteroatoms. The highest BCUT2D eigenvalue weighted by Crippen LogP contribution is 2.15. The van der Waals surface area contributed by atoms with E-state index in [1.807, 2.05) is 30.5 Å².